The van der Waals surface area contributed by atoms with Gasteiger partial charge >= 0.3 is 5.97 Å². The Balaban J connectivity index is 0. The summed E-state index contributed by atoms with van der Waals surface area (Å²) in [5.41, 5.74) is 5.97. The van der Waals surface area contributed by atoms with Crippen LogP contribution in [0.1, 0.15) is 86.0 Å². The van der Waals surface area contributed by atoms with Crippen molar-refractivity contribution in [1.82, 2.24) is 0 Å². The quantitative estimate of drug-likeness (QED) is 0.604. The van der Waals surface area contributed by atoms with Crippen molar-refractivity contribution in [2.45, 2.75) is 91.5 Å². The maximum absolute atomic E-state index is 9.87. The van der Waals surface area contributed by atoms with Gasteiger partial charge in [0, 0.05) is 12.0 Å². The lowest BCUT2D eigenvalue weighted by molar-refractivity contribution is -0.137. The number of carbonyl (C=O) groups is 1. The highest BCUT2D eigenvalue weighted by atomic mass is 16.4. The number of carboxylic acid groups (broad SMARTS) is 1. The van der Waals surface area contributed by atoms with Crippen LogP contribution in [0.5, 0.6) is 0 Å². The highest BCUT2D eigenvalue weighted by molar-refractivity contribution is 5.66. The van der Waals surface area contributed by atoms with E-state index in [4.69, 9.17) is 10.8 Å². The molecule has 1 unspecified atom stereocenters. The van der Waals surface area contributed by atoms with Crippen molar-refractivity contribution < 1.29 is 9.90 Å². The van der Waals surface area contributed by atoms with Crippen LogP contribution in [-0.2, 0) is 4.79 Å². The third-order valence-corrected chi connectivity index (χ3v) is 3.51. The lowest BCUT2D eigenvalue weighted by Gasteiger charge is -2.27. The molecule has 3 nitrogen and oxygen atoms in total. The Morgan fingerprint density at radius 3 is 1.95 bits per heavy atom. The topological polar surface area (TPSA) is 63.3 Å². The van der Waals surface area contributed by atoms with E-state index in [1.54, 1.807) is 0 Å². The molecule has 3 N–H and O–H groups in total. The molecule has 0 saturated carbocycles. The molecule has 0 aromatic heterocycles. The lowest BCUT2D eigenvalue weighted by Crippen LogP contribution is -2.39. The van der Waals surface area contributed by atoms with Crippen molar-refractivity contribution in [3.05, 3.63) is 0 Å². The minimum Gasteiger partial charge on any atom is -0.481 e. The van der Waals surface area contributed by atoms with Crippen molar-refractivity contribution in [1.29, 1.82) is 0 Å². The highest BCUT2D eigenvalue weighted by Gasteiger charge is 2.19. The molecule has 0 bridgehead atoms. The van der Waals surface area contributed by atoms with E-state index in [9.17, 15) is 4.79 Å². The molecule has 0 radical (unpaired) electrons. The fourth-order valence-electron chi connectivity index (χ4n) is 1.60. The average molecular weight is 273 g/mol. The summed E-state index contributed by atoms with van der Waals surface area (Å²) in [5.74, 6) is -0.0347. The van der Waals surface area contributed by atoms with Gasteiger partial charge in [-0.05, 0) is 32.6 Å². The third-order valence-electron chi connectivity index (χ3n) is 3.51. The molecule has 0 aliphatic carbocycles. The predicted octanol–water partition coefficient (Wildman–Crippen LogP) is 4.59. The van der Waals surface area contributed by atoms with Gasteiger partial charge in [-0.25, -0.2) is 0 Å². The molecule has 0 amide bonds. The van der Waals surface area contributed by atoms with Crippen molar-refractivity contribution in [2.75, 3.05) is 0 Å². The van der Waals surface area contributed by atoms with E-state index in [0.717, 1.165) is 19.3 Å². The smallest absolute Gasteiger partial charge is 0.303 e. The minimum absolute atomic E-state index is 0.00768. The van der Waals surface area contributed by atoms with Gasteiger partial charge in [-0.3, -0.25) is 4.79 Å². The number of nitrogens with two attached hydrogens (primary N) is 1. The van der Waals surface area contributed by atoms with Gasteiger partial charge in [0.05, 0.1) is 0 Å². The molecule has 0 fully saturated rings. The van der Waals surface area contributed by atoms with E-state index in [2.05, 4.69) is 34.6 Å². The number of carboxylic acids is 1. The zero-order valence-electron chi connectivity index (χ0n) is 13.7. The number of unbranched alkanes of at least 4 members (excludes halogenated alkanes) is 4. The van der Waals surface area contributed by atoms with Crippen LogP contribution in [0.4, 0.5) is 0 Å². The monoisotopic (exact) mass is 273 g/mol. The molecule has 116 valence electrons. The molecular weight excluding hydrogens is 238 g/mol. The molecule has 0 aromatic rings. The van der Waals surface area contributed by atoms with Crippen molar-refractivity contribution >= 4 is 5.97 Å². The van der Waals surface area contributed by atoms with Crippen LogP contribution in [0.3, 0.4) is 0 Å². The first kappa shape index (κ1) is 20.7. The van der Waals surface area contributed by atoms with Crippen molar-refractivity contribution in [3.8, 4) is 0 Å². The van der Waals surface area contributed by atoms with E-state index in [0.29, 0.717) is 12.3 Å². The number of rotatable bonds is 9. The average Bonchev–Trinajstić information content (AvgIpc) is 2.29. The first-order valence-corrected chi connectivity index (χ1v) is 7.76. The highest BCUT2D eigenvalue weighted by Crippen LogP contribution is 2.19. The maximum Gasteiger partial charge on any atom is 0.303 e. The van der Waals surface area contributed by atoms with E-state index < -0.39 is 5.97 Å². The van der Waals surface area contributed by atoms with Gasteiger partial charge in [0.1, 0.15) is 0 Å². The normalized spacial score (nSPS) is 12.5. The van der Waals surface area contributed by atoms with Crippen LogP contribution < -0.4 is 5.73 Å². The molecule has 0 saturated heterocycles. The summed E-state index contributed by atoms with van der Waals surface area (Å²) in [4.78, 5) is 9.87. The van der Waals surface area contributed by atoms with E-state index >= 15 is 0 Å². The van der Waals surface area contributed by atoms with Crippen LogP contribution in [-0.4, -0.2) is 16.6 Å². The Hall–Kier alpha value is -0.570. The van der Waals surface area contributed by atoms with Gasteiger partial charge in [-0.2, -0.15) is 0 Å². The molecule has 0 spiro atoms. The van der Waals surface area contributed by atoms with Crippen LogP contribution in [0, 0.1) is 5.92 Å². The fourth-order valence-corrected chi connectivity index (χ4v) is 1.60. The fraction of sp³-hybridized carbons (Fsp3) is 0.938. The summed E-state index contributed by atoms with van der Waals surface area (Å²) >= 11 is 0. The van der Waals surface area contributed by atoms with Gasteiger partial charge in [-0.1, -0.05) is 52.9 Å². The Morgan fingerprint density at radius 1 is 1.11 bits per heavy atom. The second-order valence-corrected chi connectivity index (χ2v) is 6.07. The largest absolute Gasteiger partial charge is 0.481 e. The van der Waals surface area contributed by atoms with Gasteiger partial charge < -0.3 is 10.8 Å². The molecule has 0 heterocycles. The van der Waals surface area contributed by atoms with E-state index in [-0.39, 0.29) is 5.54 Å². The van der Waals surface area contributed by atoms with Crippen molar-refractivity contribution in [2.24, 2.45) is 11.7 Å². The SMILES string of the molecule is CCCCCC(=O)O.CCCCCC(C)C(C)(C)N. The second-order valence-electron chi connectivity index (χ2n) is 6.07. The first-order valence-electron chi connectivity index (χ1n) is 7.76. The van der Waals surface area contributed by atoms with Gasteiger partial charge in [-0.15, -0.1) is 0 Å². The van der Waals surface area contributed by atoms with Crippen molar-refractivity contribution in [3.63, 3.8) is 0 Å². The van der Waals surface area contributed by atoms with Gasteiger partial charge in [0.15, 0.2) is 0 Å². The summed E-state index contributed by atoms with van der Waals surface area (Å²) in [6.07, 6.45) is 8.53. The number of hydrogen-bond acceptors (Lipinski definition) is 2. The molecule has 0 aromatic carbocycles. The summed E-state index contributed by atoms with van der Waals surface area (Å²) in [6.45, 7) is 10.8. The second kappa shape index (κ2) is 12.5. The summed E-state index contributed by atoms with van der Waals surface area (Å²) in [6, 6.07) is 0. The summed E-state index contributed by atoms with van der Waals surface area (Å²) in [7, 11) is 0. The molecule has 19 heavy (non-hydrogen) atoms. The van der Waals surface area contributed by atoms with Crippen LogP contribution >= 0.6 is 0 Å². The number of hydrogen-bond donors (Lipinski definition) is 2. The van der Waals surface area contributed by atoms with E-state index in [1.807, 2.05) is 0 Å². The molecule has 1 atom stereocenters. The lowest BCUT2D eigenvalue weighted by atomic mass is 9.86. The molecule has 0 aliphatic heterocycles. The van der Waals surface area contributed by atoms with Crippen LogP contribution in [0.25, 0.3) is 0 Å². The zero-order valence-corrected chi connectivity index (χ0v) is 13.7. The van der Waals surface area contributed by atoms with E-state index in [1.165, 1.54) is 25.7 Å². The number of aliphatic carboxylic acids is 1. The zero-order chi connectivity index (χ0) is 15.3. The molecule has 3 heteroatoms. The predicted molar refractivity (Wildman–Crippen MR) is 83.4 cm³/mol. The first-order chi connectivity index (χ1) is 8.75. The summed E-state index contributed by atoms with van der Waals surface area (Å²) < 4.78 is 0. The third kappa shape index (κ3) is 17.4. The standard InChI is InChI=1S/C10H23N.C6H12O2/c1-5-6-7-8-9(2)10(3,4)11;1-2-3-4-5-6(7)8/h9H,5-8,11H2,1-4H3;2-5H2,1H3,(H,7,8). The van der Waals surface area contributed by atoms with Crippen LogP contribution in [0.15, 0.2) is 0 Å². The van der Waals surface area contributed by atoms with Gasteiger partial charge in [0.2, 0.25) is 0 Å². The maximum atomic E-state index is 9.87. The minimum atomic E-state index is -0.682. The Kier molecular flexibility index (Phi) is 13.6. The van der Waals surface area contributed by atoms with Gasteiger partial charge in [0.25, 0.3) is 0 Å². The molecule has 0 rings (SSSR count). The van der Waals surface area contributed by atoms with Crippen LogP contribution in [0.2, 0.25) is 0 Å². The Labute approximate surface area is 120 Å². The molecule has 0 aliphatic rings. The Bertz CT molecular complexity index is 209. The summed E-state index contributed by atoms with van der Waals surface area (Å²) in [5, 5.41) is 8.14. The Morgan fingerprint density at radius 2 is 1.58 bits per heavy atom. The molecular formula is C16H35NO2.